The third-order valence-electron chi connectivity index (χ3n) is 3.50. The molecule has 1 aromatic carbocycles. The van der Waals surface area contributed by atoms with E-state index in [2.05, 4.69) is 22.3 Å². The van der Waals surface area contributed by atoms with Gasteiger partial charge in [0.25, 0.3) is 0 Å². The number of nitrogens with one attached hydrogen (secondary N) is 2. The molecule has 2 atom stereocenters. The average molecular weight is 262 g/mol. The summed E-state index contributed by atoms with van der Waals surface area (Å²) in [6.45, 7) is 4.08. The lowest BCUT2D eigenvalue weighted by Gasteiger charge is -2.30. The van der Waals surface area contributed by atoms with Gasteiger partial charge in [-0.15, -0.1) is 0 Å². The van der Waals surface area contributed by atoms with Gasteiger partial charge in [0, 0.05) is 0 Å². The van der Waals surface area contributed by atoms with E-state index < -0.39 is 5.97 Å². The summed E-state index contributed by atoms with van der Waals surface area (Å²) in [5.41, 5.74) is 1.87. The van der Waals surface area contributed by atoms with E-state index in [9.17, 15) is 9.59 Å². The Morgan fingerprint density at radius 1 is 1.42 bits per heavy atom. The number of amides is 1. The van der Waals surface area contributed by atoms with Gasteiger partial charge in [0.15, 0.2) is 0 Å². The molecule has 102 valence electrons. The van der Waals surface area contributed by atoms with E-state index in [0.717, 1.165) is 12.1 Å². The van der Waals surface area contributed by atoms with E-state index in [1.54, 1.807) is 18.2 Å². The molecule has 0 fully saturated rings. The van der Waals surface area contributed by atoms with Crippen molar-refractivity contribution in [2.75, 3.05) is 17.7 Å². The summed E-state index contributed by atoms with van der Waals surface area (Å²) in [5, 5.41) is 6.05. The van der Waals surface area contributed by atoms with Gasteiger partial charge in [-0.25, -0.2) is 4.79 Å². The number of ether oxygens (including phenoxy) is 1. The van der Waals surface area contributed by atoms with Crippen molar-refractivity contribution in [3.8, 4) is 0 Å². The molecule has 5 heteroatoms. The maximum atomic E-state index is 12.0. The molecule has 2 rings (SSSR count). The number of carbonyl (C=O) groups excluding carboxylic acids is 2. The summed E-state index contributed by atoms with van der Waals surface area (Å²) >= 11 is 0. The number of esters is 1. The number of carbonyl (C=O) groups is 2. The lowest BCUT2D eigenvalue weighted by Crippen LogP contribution is -2.43. The zero-order chi connectivity index (χ0) is 14.0. The molecule has 1 aliphatic rings. The number of hydrogen-bond donors (Lipinski definition) is 2. The average Bonchev–Trinajstić information content (AvgIpc) is 2.44. The first-order valence-corrected chi connectivity index (χ1v) is 6.36. The highest BCUT2D eigenvalue weighted by atomic mass is 16.5. The van der Waals surface area contributed by atoms with Gasteiger partial charge >= 0.3 is 5.97 Å². The number of rotatable bonds is 3. The number of benzene rings is 1. The zero-order valence-electron chi connectivity index (χ0n) is 11.3. The largest absolute Gasteiger partial charge is 0.465 e. The highest BCUT2D eigenvalue weighted by molar-refractivity contribution is 6.04. The van der Waals surface area contributed by atoms with Crippen molar-refractivity contribution in [1.29, 1.82) is 0 Å². The van der Waals surface area contributed by atoms with E-state index >= 15 is 0 Å². The third kappa shape index (κ3) is 2.54. The second-order valence-electron chi connectivity index (χ2n) is 4.75. The van der Waals surface area contributed by atoms with E-state index in [1.165, 1.54) is 7.11 Å². The Morgan fingerprint density at radius 3 is 2.79 bits per heavy atom. The molecular weight excluding hydrogens is 244 g/mol. The lowest BCUT2D eigenvalue weighted by atomic mass is 9.96. The topological polar surface area (TPSA) is 67.4 Å². The van der Waals surface area contributed by atoms with E-state index in [1.807, 2.05) is 6.92 Å². The van der Waals surface area contributed by atoms with Gasteiger partial charge in [0.2, 0.25) is 5.91 Å². The summed E-state index contributed by atoms with van der Waals surface area (Å²) in [6.07, 6.45) is 0.917. The number of anilines is 2. The van der Waals surface area contributed by atoms with Crippen molar-refractivity contribution in [3.05, 3.63) is 23.8 Å². The first kappa shape index (κ1) is 13.4. The molecule has 19 heavy (non-hydrogen) atoms. The van der Waals surface area contributed by atoms with Crippen LogP contribution >= 0.6 is 0 Å². The molecule has 0 radical (unpaired) electrons. The fourth-order valence-corrected chi connectivity index (χ4v) is 2.10. The second-order valence-corrected chi connectivity index (χ2v) is 4.75. The lowest BCUT2D eigenvalue weighted by molar-refractivity contribution is -0.118. The van der Waals surface area contributed by atoms with Gasteiger partial charge in [-0.1, -0.05) is 20.3 Å². The van der Waals surface area contributed by atoms with Crippen LogP contribution in [0.15, 0.2) is 18.2 Å². The molecule has 1 aromatic rings. The predicted molar refractivity (Wildman–Crippen MR) is 73.3 cm³/mol. The summed E-state index contributed by atoms with van der Waals surface area (Å²) < 4.78 is 4.66. The van der Waals surface area contributed by atoms with Gasteiger partial charge < -0.3 is 15.4 Å². The highest BCUT2D eigenvalue weighted by Crippen LogP contribution is 2.30. The van der Waals surface area contributed by atoms with Crippen LogP contribution in [0.5, 0.6) is 0 Å². The molecule has 1 aliphatic heterocycles. The Labute approximate surface area is 112 Å². The van der Waals surface area contributed by atoms with E-state index in [4.69, 9.17) is 0 Å². The molecule has 0 saturated heterocycles. The van der Waals surface area contributed by atoms with Crippen molar-refractivity contribution < 1.29 is 14.3 Å². The Hall–Kier alpha value is -2.04. The molecule has 1 amide bonds. The normalized spacial score (nSPS) is 18.9. The molecule has 5 nitrogen and oxygen atoms in total. The Bertz CT molecular complexity index is 513. The van der Waals surface area contributed by atoms with Gasteiger partial charge in [-0.2, -0.15) is 0 Å². The van der Waals surface area contributed by atoms with Crippen LogP contribution < -0.4 is 10.6 Å². The SMILES string of the molecule is CCC(C)C1Nc2ccc(C(=O)OC)cc2NC1=O. The summed E-state index contributed by atoms with van der Waals surface area (Å²) in [4.78, 5) is 23.5. The standard InChI is InChI=1S/C14H18N2O3/c1-4-8(2)12-13(17)16-11-7-9(14(18)19-3)5-6-10(11)15-12/h5-8,12,15H,4H2,1-3H3,(H,16,17). The first-order valence-electron chi connectivity index (χ1n) is 6.36. The number of fused-ring (bicyclic) bond motifs is 1. The Kier molecular flexibility index (Phi) is 3.74. The molecule has 0 saturated carbocycles. The minimum Gasteiger partial charge on any atom is -0.465 e. The van der Waals surface area contributed by atoms with Crippen LogP contribution in [-0.4, -0.2) is 25.0 Å². The van der Waals surface area contributed by atoms with Crippen LogP contribution in [0.4, 0.5) is 11.4 Å². The molecule has 0 aromatic heterocycles. The van der Waals surface area contributed by atoms with Gasteiger partial charge in [-0.05, 0) is 24.1 Å². The smallest absolute Gasteiger partial charge is 0.337 e. The number of hydrogen-bond acceptors (Lipinski definition) is 4. The summed E-state index contributed by atoms with van der Waals surface area (Å²) in [7, 11) is 1.33. The van der Waals surface area contributed by atoms with Crippen LogP contribution in [0.3, 0.4) is 0 Å². The molecular formula is C14H18N2O3. The third-order valence-corrected chi connectivity index (χ3v) is 3.50. The van der Waals surface area contributed by atoms with Gasteiger partial charge in [0.1, 0.15) is 6.04 Å². The molecule has 0 aliphatic carbocycles. The summed E-state index contributed by atoms with van der Waals surface area (Å²) in [5.74, 6) is -0.238. The molecule has 2 unspecified atom stereocenters. The molecule has 0 bridgehead atoms. The zero-order valence-corrected chi connectivity index (χ0v) is 11.3. The maximum absolute atomic E-state index is 12.0. The minimum absolute atomic E-state index is 0.0659. The fourth-order valence-electron chi connectivity index (χ4n) is 2.10. The van der Waals surface area contributed by atoms with Crippen LogP contribution in [0.1, 0.15) is 30.6 Å². The van der Waals surface area contributed by atoms with Crippen molar-refractivity contribution in [3.63, 3.8) is 0 Å². The van der Waals surface area contributed by atoms with Crippen molar-refractivity contribution in [1.82, 2.24) is 0 Å². The summed E-state index contributed by atoms with van der Waals surface area (Å²) in [6, 6.07) is 4.86. The van der Waals surface area contributed by atoms with Crippen LogP contribution in [0.2, 0.25) is 0 Å². The predicted octanol–water partition coefficient (Wildman–Crippen LogP) is 2.25. The van der Waals surface area contributed by atoms with Crippen LogP contribution in [0, 0.1) is 5.92 Å². The van der Waals surface area contributed by atoms with Crippen molar-refractivity contribution in [2.24, 2.45) is 5.92 Å². The Morgan fingerprint density at radius 2 is 2.16 bits per heavy atom. The fraction of sp³-hybridized carbons (Fsp3) is 0.429. The van der Waals surface area contributed by atoms with E-state index in [0.29, 0.717) is 11.3 Å². The maximum Gasteiger partial charge on any atom is 0.337 e. The minimum atomic E-state index is -0.416. The molecule has 0 spiro atoms. The van der Waals surface area contributed by atoms with Crippen molar-refractivity contribution in [2.45, 2.75) is 26.3 Å². The quantitative estimate of drug-likeness (QED) is 0.820. The number of methoxy groups -OCH3 is 1. The van der Waals surface area contributed by atoms with Crippen LogP contribution in [0.25, 0.3) is 0 Å². The van der Waals surface area contributed by atoms with Gasteiger partial charge in [0.05, 0.1) is 24.0 Å². The van der Waals surface area contributed by atoms with Crippen molar-refractivity contribution >= 4 is 23.3 Å². The van der Waals surface area contributed by atoms with E-state index in [-0.39, 0.29) is 17.9 Å². The molecule has 1 heterocycles. The van der Waals surface area contributed by atoms with Gasteiger partial charge in [-0.3, -0.25) is 4.79 Å². The monoisotopic (exact) mass is 262 g/mol. The molecule has 2 N–H and O–H groups in total. The van der Waals surface area contributed by atoms with Crippen LogP contribution in [-0.2, 0) is 9.53 Å². The highest BCUT2D eigenvalue weighted by Gasteiger charge is 2.29. The second kappa shape index (κ2) is 5.30. The first-order chi connectivity index (χ1) is 9.06. The Balaban J connectivity index is 2.28.